The van der Waals surface area contributed by atoms with Crippen LogP contribution in [-0.2, 0) is 12.3 Å². The molecule has 5 nitrogen and oxygen atoms in total. The minimum atomic E-state index is 0.0646. The Kier molecular flexibility index (Phi) is 5.86. The van der Waals surface area contributed by atoms with E-state index in [1.165, 1.54) is 0 Å². The number of likely N-dealkylation sites (tertiary alicyclic amines) is 1. The maximum atomic E-state index is 9.75. The van der Waals surface area contributed by atoms with Crippen LogP contribution in [0, 0.1) is 5.41 Å². The number of rotatable bonds is 7. The second kappa shape index (κ2) is 7.43. The van der Waals surface area contributed by atoms with Crippen molar-refractivity contribution in [2.24, 2.45) is 5.41 Å². The summed E-state index contributed by atoms with van der Waals surface area (Å²) in [6.45, 7) is 5.14. The van der Waals surface area contributed by atoms with Crippen LogP contribution < -0.4 is 0 Å². The molecule has 1 aliphatic rings. The first-order valence-electron chi connectivity index (χ1n) is 7.35. The van der Waals surface area contributed by atoms with Crippen molar-refractivity contribution in [1.29, 1.82) is 0 Å². The van der Waals surface area contributed by atoms with Crippen molar-refractivity contribution in [3.05, 3.63) is 11.7 Å². The highest BCUT2D eigenvalue weighted by Gasteiger charge is 2.34. The summed E-state index contributed by atoms with van der Waals surface area (Å²) in [5.41, 5.74) is 0.0646. The molecule has 0 spiro atoms. The topological polar surface area (TPSA) is 62.4 Å². The van der Waals surface area contributed by atoms with Crippen LogP contribution in [0.4, 0.5) is 0 Å². The molecule has 1 aromatic rings. The molecule has 1 aromatic heterocycles. The Bertz CT molecular complexity index is 409. The molecule has 2 heterocycles. The quantitative estimate of drug-likeness (QED) is 0.833. The molecule has 1 N–H and O–H groups in total. The molecule has 1 aliphatic heterocycles. The van der Waals surface area contributed by atoms with Crippen molar-refractivity contribution < 1.29 is 9.63 Å². The summed E-state index contributed by atoms with van der Waals surface area (Å²) in [4.78, 5) is 6.75. The second-order valence-corrected chi connectivity index (χ2v) is 6.63. The van der Waals surface area contributed by atoms with Gasteiger partial charge in [-0.2, -0.15) is 16.7 Å². The highest BCUT2D eigenvalue weighted by atomic mass is 32.2. The first-order valence-corrected chi connectivity index (χ1v) is 8.74. The number of hydrogen-bond acceptors (Lipinski definition) is 6. The van der Waals surface area contributed by atoms with E-state index in [0.29, 0.717) is 12.4 Å². The minimum Gasteiger partial charge on any atom is -0.396 e. The van der Waals surface area contributed by atoms with Crippen molar-refractivity contribution >= 4 is 11.8 Å². The molecular formula is C14H25N3O2S. The fourth-order valence-corrected chi connectivity index (χ4v) is 3.50. The van der Waals surface area contributed by atoms with Gasteiger partial charge in [0.05, 0.1) is 12.3 Å². The lowest BCUT2D eigenvalue weighted by molar-refractivity contribution is 0.0177. The Morgan fingerprint density at radius 3 is 3.05 bits per heavy atom. The van der Waals surface area contributed by atoms with E-state index in [2.05, 4.69) is 22.0 Å². The van der Waals surface area contributed by atoms with Gasteiger partial charge in [0.1, 0.15) is 0 Å². The van der Waals surface area contributed by atoms with Gasteiger partial charge in [-0.1, -0.05) is 18.5 Å². The minimum absolute atomic E-state index is 0.0646. The number of piperidine rings is 1. The molecule has 20 heavy (non-hydrogen) atoms. The summed E-state index contributed by atoms with van der Waals surface area (Å²) in [7, 11) is 0. The molecule has 6 heteroatoms. The van der Waals surface area contributed by atoms with Crippen LogP contribution in [0.25, 0.3) is 0 Å². The number of hydrogen-bond donors (Lipinski definition) is 1. The lowest BCUT2D eigenvalue weighted by Gasteiger charge is -2.41. The zero-order valence-electron chi connectivity index (χ0n) is 12.5. The normalized spacial score (nSPS) is 24.1. The van der Waals surface area contributed by atoms with Gasteiger partial charge >= 0.3 is 0 Å². The Hall–Kier alpha value is -0.590. The van der Waals surface area contributed by atoms with E-state index in [4.69, 9.17) is 4.52 Å². The molecule has 0 saturated carbocycles. The molecular weight excluding hydrogens is 274 g/mol. The molecule has 1 saturated heterocycles. The highest BCUT2D eigenvalue weighted by Crippen LogP contribution is 2.34. The predicted octanol–water partition coefficient (Wildman–Crippen LogP) is 2.31. The lowest BCUT2D eigenvalue weighted by Crippen LogP contribution is -2.44. The summed E-state index contributed by atoms with van der Waals surface area (Å²) >= 11 is 1.69. The van der Waals surface area contributed by atoms with Crippen LogP contribution in [0.1, 0.15) is 44.3 Å². The molecule has 0 radical (unpaired) electrons. The van der Waals surface area contributed by atoms with Gasteiger partial charge < -0.3 is 9.63 Å². The summed E-state index contributed by atoms with van der Waals surface area (Å²) in [5.74, 6) is 2.26. The SMILES string of the molecule is CCC[C@]1(CO)CCCN(Cc2nc(CSC)no2)C1. The van der Waals surface area contributed by atoms with Gasteiger partial charge in [-0.05, 0) is 32.1 Å². The first-order chi connectivity index (χ1) is 9.71. The maximum Gasteiger partial charge on any atom is 0.240 e. The zero-order chi connectivity index (χ0) is 14.4. The monoisotopic (exact) mass is 299 g/mol. The fourth-order valence-electron chi connectivity index (χ4n) is 3.12. The summed E-state index contributed by atoms with van der Waals surface area (Å²) in [6, 6.07) is 0. The van der Waals surface area contributed by atoms with Gasteiger partial charge in [-0.3, -0.25) is 4.90 Å². The van der Waals surface area contributed by atoms with E-state index in [9.17, 15) is 5.11 Å². The van der Waals surface area contributed by atoms with Crippen LogP contribution in [0.15, 0.2) is 4.52 Å². The fraction of sp³-hybridized carbons (Fsp3) is 0.857. The number of nitrogens with zero attached hydrogens (tertiary/aromatic N) is 3. The van der Waals surface area contributed by atoms with E-state index in [1.54, 1.807) is 11.8 Å². The molecule has 1 atom stereocenters. The Morgan fingerprint density at radius 2 is 2.35 bits per heavy atom. The van der Waals surface area contributed by atoms with E-state index in [-0.39, 0.29) is 12.0 Å². The molecule has 0 unspecified atom stereocenters. The van der Waals surface area contributed by atoms with Gasteiger partial charge in [0, 0.05) is 18.6 Å². The van der Waals surface area contributed by atoms with Crippen LogP contribution in [0.2, 0.25) is 0 Å². The van der Waals surface area contributed by atoms with E-state index in [1.807, 2.05) is 6.26 Å². The predicted molar refractivity (Wildman–Crippen MR) is 80.5 cm³/mol. The molecule has 0 bridgehead atoms. The van der Waals surface area contributed by atoms with Crippen molar-refractivity contribution in [2.75, 3.05) is 26.0 Å². The highest BCUT2D eigenvalue weighted by molar-refractivity contribution is 7.97. The van der Waals surface area contributed by atoms with Gasteiger partial charge in [0.2, 0.25) is 5.89 Å². The molecule has 1 fully saturated rings. The largest absolute Gasteiger partial charge is 0.396 e. The van der Waals surface area contributed by atoms with Crippen molar-refractivity contribution in [2.45, 2.75) is 44.9 Å². The molecule has 0 aliphatic carbocycles. The standard InChI is InChI=1S/C14H25N3O2S/c1-3-5-14(11-18)6-4-7-17(10-14)8-13-15-12(9-20-2)16-19-13/h18H,3-11H2,1-2H3/t14-/m0/s1. The molecule has 0 amide bonds. The summed E-state index contributed by atoms with van der Waals surface area (Å²) in [5, 5.41) is 13.7. The summed E-state index contributed by atoms with van der Waals surface area (Å²) < 4.78 is 5.30. The van der Waals surface area contributed by atoms with Gasteiger partial charge in [0.25, 0.3) is 0 Å². The van der Waals surface area contributed by atoms with Crippen molar-refractivity contribution in [3.63, 3.8) is 0 Å². The molecule has 2 rings (SSSR count). The Labute approximate surface area is 125 Å². The van der Waals surface area contributed by atoms with E-state index >= 15 is 0 Å². The maximum absolute atomic E-state index is 9.75. The Balaban J connectivity index is 1.94. The molecule has 0 aromatic carbocycles. The van der Waals surface area contributed by atoms with Crippen LogP contribution >= 0.6 is 11.8 Å². The van der Waals surface area contributed by atoms with Gasteiger partial charge in [-0.25, -0.2) is 0 Å². The summed E-state index contributed by atoms with van der Waals surface area (Å²) in [6.07, 6.45) is 6.48. The number of aliphatic hydroxyl groups excluding tert-OH is 1. The van der Waals surface area contributed by atoms with Gasteiger partial charge in [-0.15, -0.1) is 0 Å². The average Bonchev–Trinajstić information content (AvgIpc) is 2.87. The third kappa shape index (κ3) is 3.96. The van der Waals surface area contributed by atoms with Crippen LogP contribution in [-0.4, -0.2) is 46.1 Å². The lowest BCUT2D eigenvalue weighted by atomic mass is 9.77. The van der Waals surface area contributed by atoms with Crippen molar-refractivity contribution in [1.82, 2.24) is 15.0 Å². The van der Waals surface area contributed by atoms with Crippen LogP contribution in [0.5, 0.6) is 0 Å². The average molecular weight is 299 g/mol. The van der Waals surface area contributed by atoms with Crippen molar-refractivity contribution in [3.8, 4) is 0 Å². The molecule has 114 valence electrons. The Morgan fingerprint density at radius 1 is 1.50 bits per heavy atom. The smallest absolute Gasteiger partial charge is 0.240 e. The zero-order valence-corrected chi connectivity index (χ0v) is 13.3. The van der Waals surface area contributed by atoms with E-state index < -0.39 is 0 Å². The van der Waals surface area contributed by atoms with E-state index in [0.717, 1.165) is 50.4 Å². The number of thioether (sulfide) groups is 1. The second-order valence-electron chi connectivity index (χ2n) is 5.76. The number of aromatic nitrogens is 2. The third-order valence-corrected chi connectivity index (χ3v) is 4.55. The number of aliphatic hydroxyl groups is 1. The van der Waals surface area contributed by atoms with Crippen LogP contribution in [0.3, 0.4) is 0 Å². The first kappa shape index (κ1) is 15.8. The third-order valence-electron chi connectivity index (χ3n) is 4.00. The van der Waals surface area contributed by atoms with Gasteiger partial charge in [0.15, 0.2) is 5.82 Å².